The SMILES string of the molecule is CCCn1cncc1C(Nc1ccccc1)C(N)=O. The lowest BCUT2D eigenvalue weighted by molar-refractivity contribution is -0.119. The Labute approximate surface area is 112 Å². The van der Waals surface area contributed by atoms with Crippen molar-refractivity contribution in [3.63, 3.8) is 0 Å². The molecule has 2 rings (SSSR count). The number of aromatic nitrogens is 2. The maximum Gasteiger partial charge on any atom is 0.246 e. The van der Waals surface area contributed by atoms with Crippen LogP contribution in [0, 0.1) is 0 Å². The van der Waals surface area contributed by atoms with E-state index in [1.54, 1.807) is 12.5 Å². The highest BCUT2D eigenvalue weighted by Gasteiger charge is 2.21. The molecule has 19 heavy (non-hydrogen) atoms. The Morgan fingerprint density at radius 2 is 2.16 bits per heavy atom. The lowest BCUT2D eigenvalue weighted by atomic mass is 10.2. The predicted octanol–water partition coefficient (Wildman–Crippen LogP) is 1.93. The third-order valence-electron chi connectivity index (χ3n) is 2.87. The summed E-state index contributed by atoms with van der Waals surface area (Å²) in [4.78, 5) is 15.8. The van der Waals surface area contributed by atoms with E-state index in [0.717, 1.165) is 24.3 Å². The van der Waals surface area contributed by atoms with Crippen molar-refractivity contribution >= 4 is 11.6 Å². The van der Waals surface area contributed by atoms with Crippen LogP contribution >= 0.6 is 0 Å². The van der Waals surface area contributed by atoms with Gasteiger partial charge in [0.1, 0.15) is 6.04 Å². The van der Waals surface area contributed by atoms with Gasteiger partial charge in [-0.1, -0.05) is 25.1 Å². The number of nitrogens with two attached hydrogens (primary N) is 1. The zero-order valence-corrected chi connectivity index (χ0v) is 10.9. The van der Waals surface area contributed by atoms with Gasteiger partial charge >= 0.3 is 0 Å². The van der Waals surface area contributed by atoms with E-state index in [1.165, 1.54) is 0 Å². The van der Waals surface area contributed by atoms with Crippen LogP contribution in [0.2, 0.25) is 0 Å². The van der Waals surface area contributed by atoms with Crippen molar-refractivity contribution in [2.45, 2.75) is 25.9 Å². The minimum absolute atomic E-state index is 0.415. The number of benzene rings is 1. The first-order valence-electron chi connectivity index (χ1n) is 6.33. The quantitative estimate of drug-likeness (QED) is 0.831. The molecule has 1 unspecified atom stereocenters. The van der Waals surface area contributed by atoms with Crippen LogP contribution in [0.3, 0.4) is 0 Å². The molecule has 1 aromatic heterocycles. The van der Waals surface area contributed by atoms with Crippen LogP contribution in [0.4, 0.5) is 5.69 Å². The number of rotatable bonds is 6. The number of nitrogens with one attached hydrogen (secondary N) is 1. The van der Waals surface area contributed by atoms with Gasteiger partial charge in [0, 0.05) is 12.2 Å². The second kappa shape index (κ2) is 6.04. The number of para-hydroxylation sites is 1. The van der Waals surface area contributed by atoms with Gasteiger partial charge in [0.15, 0.2) is 0 Å². The Hall–Kier alpha value is -2.30. The highest BCUT2D eigenvalue weighted by molar-refractivity contribution is 5.84. The Kier molecular flexibility index (Phi) is 4.18. The molecule has 1 heterocycles. The fourth-order valence-corrected chi connectivity index (χ4v) is 1.99. The zero-order chi connectivity index (χ0) is 13.7. The summed E-state index contributed by atoms with van der Waals surface area (Å²) in [6.07, 6.45) is 4.38. The molecule has 0 bridgehead atoms. The number of imidazole rings is 1. The number of carbonyl (C=O) groups excluding carboxylic acids is 1. The summed E-state index contributed by atoms with van der Waals surface area (Å²) in [6.45, 7) is 2.89. The lowest BCUT2D eigenvalue weighted by Gasteiger charge is -2.18. The molecule has 0 saturated carbocycles. The third kappa shape index (κ3) is 3.13. The molecule has 1 aromatic carbocycles. The molecular weight excluding hydrogens is 240 g/mol. The summed E-state index contributed by atoms with van der Waals surface area (Å²) < 4.78 is 1.95. The van der Waals surface area contributed by atoms with E-state index < -0.39 is 11.9 Å². The van der Waals surface area contributed by atoms with Crippen molar-refractivity contribution in [1.82, 2.24) is 9.55 Å². The van der Waals surface area contributed by atoms with Gasteiger partial charge in [-0.2, -0.15) is 0 Å². The van der Waals surface area contributed by atoms with Crippen LogP contribution in [0.1, 0.15) is 25.1 Å². The van der Waals surface area contributed by atoms with Gasteiger partial charge in [0.2, 0.25) is 5.91 Å². The molecular formula is C14H18N4O. The first kappa shape index (κ1) is 13.1. The van der Waals surface area contributed by atoms with Crippen molar-refractivity contribution in [3.8, 4) is 0 Å². The largest absolute Gasteiger partial charge is 0.369 e. The lowest BCUT2D eigenvalue weighted by Crippen LogP contribution is -2.29. The molecule has 0 aliphatic heterocycles. The van der Waals surface area contributed by atoms with E-state index in [2.05, 4.69) is 17.2 Å². The third-order valence-corrected chi connectivity index (χ3v) is 2.87. The van der Waals surface area contributed by atoms with E-state index in [1.807, 2.05) is 34.9 Å². The summed E-state index contributed by atoms with van der Waals surface area (Å²) >= 11 is 0. The highest BCUT2D eigenvalue weighted by Crippen LogP contribution is 2.19. The second-order valence-electron chi connectivity index (χ2n) is 4.36. The Morgan fingerprint density at radius 1 is 1.42 bits per heavy atom. The maximum absolute atomic E-state index is 11.7. The number of anilines is 1. The summed E-state index contributed by atoms with van der Waals surface area (Å²) in [5.74, 6) is -0.415. The average Bonchev–Trinajstić information content (AvgIpc) is 2.85. The highest BCUT2D eigenvalue weighted by atomic mass is 16.1. The van der Waals surface area contributed by atoms with Crippen LogP contribution in [0.25, 0.3) is 0 Å². The van der Waals surface area contributed by atoms with E-state index in [0.29, 0.717) is 0 Å². The molecule has 5 nitrogen and oxygen atoms in total. The second-order valence-corrected chi connectivity index (χ2v) is 4.36. The summed E-state index contributed by atoms with van der Waals surface area (Å²) in [5, 5.41) is 3.14. The topological polar surface area (TPSA) is 72.9 Å². The van der Waals surface area contributed by atoms with Gasteiger partial charge in [-0.05, 0) is 18.6 Å². The first-order chi connectivity index (χ1) is 9.22. The summed E-state index contributed by atoms with van der Waals surface area (Å²) in [6, 6.07) is 8.96. The van der Waals surface area contributed by atoms with Crippen LogP contribution in [-0.2, 0) is 11.3 Å². The fraction of sp³-hybridized carbons (Fsp3) is 0.286. The number of primary amides is 1. The number of hydrogen-bond donors (Lipinski definition) is 2. The number of carbonyl (C=O) groups is 1. The van der Waals surface area contributed by atoms with Crippen LogP contribution in [0.5, 0.6) is 0 Å². The molecule has 0 fully saturated rings. The Bertz CT molecular complexity index is 535. The van der Waals surface area contributed by atoms with Gasteiger partial charge < -0.3 is 15.6 Å². The van der Waals surface area contributed by atoms with Gasteiger partial charge in [-0.3, -0.25) is 4.79 Å². The standard InChI is InChI=1S/C14H18N4O/c1-2-8-18-10-16-9-12(18)13(14(15)19)17-11-6-4-3-5-7-11/h3-7,9-10,13,17H,2,8H2,1H3,(H2,15,19). The molecule has 3 N–H and O–H groups in total. The van der Waals surface area contributed by atoms with E-state index in [9.17, 15) is 4.79 Å². The van der Waals surface area contributed by atoms with Crippen molar-refractivity contribution in [1.29, 1.82) is 0 Å². The van der Waals surface area contributed by atoms with Crippen LogP contribution in [0.15, 0.2) is 42.9 Å². The molecule has 2 aromatic rings. The smallest absolute Gasteiger partial charge is 0.246 e. The normalized spacial score (nSPS) is 12.1. The summed E-state index contributed by atoms with van der Waals surface area (Å²) in [7, 11) is 0. The molecule has 1 amide bonds. The van der Waals surface area contributed by atoms with E-state index >= 15 is 0 Å². The minimum atomic E-state index is -0.573. The van der Waals surface area contributed by atoms with E-state index in [-0.39, 0.29) is 0 Å². The van der Waals surface area contributed by atoms with Gasteiger partial charge in [0.05, 0.1) is 18.2 Å². The predicted molar refractivity (Wildman–Crippen MR) is 74.5 cm³/mol. The number of nitrogens with zero attached hydrogens (tertiary/aromatic N) is 2. The van der Waals surface area contributed by atoms with Crippen molar-refractivity contribution in [3.05, 3.63) is 48.5 Å². The number of amides is 1. The van der Waals surface area contributed by atoms with Gasteiger partial charge in [0.25, 0.3) is 0 Å². The first-order valence-corrected chi connectivity index (χ1v) is 6.33. The molecule has 5 heteroatoms. The molecule has 0 radical (unpaired) electrons. The number of hydrogen-bond acceptors (Lipinski definition) is 3. The zero-order valence-electron chi connectivity index (χ0n) is 10.9. The molecule has 0 spiro atoms. The van der Waals surface area contributed by atoms with Crippen molar-refractivity contribution < 1.29 is 4.79 Å². The molecule has 100 valence electrons. The summed E-state index contributed by atoms with van der Waals surface area (Å²) in [5.41, 5.74) is 7.15. The van der Waals surface area contributed by atoms with Gasteiger partial charge in [-0.15, -0.1) is 0 Å². The number of aryl methyl sites for hydroxylation is 1. The minimum Gasteiger partial charge on any atom is -0.369 e. The van der Waals surface area contributed by atoms with Crippen molar-refractivity contribution in [2.75, 3.05) is 5.32 Å². The van der Waals surface area contributed by atoms with Crippen molar-refractivity contribution in [2.24, 2.45) is 5.73 Å². The average molecular weight is 258 g/mol. The molecule has 1 atom stereocenters. The Morgan fingerprint density at radius 3 is 2.79 bits per heavy atom. The Balaban J connectivity index is 2.25. The van der Waals surface area contributed by atoms with Crippen LogP contribution in [-0.4, -0.2) is 15.5 Å². The van der Waals surface area contributed by atoms with Crippen LogP contribution < -0.4 is 11.1 Å². The monoisotopic (exact) mass is 258 g/mol. The molecule has 0 saturated heterocycles. The van der Waals surface area contributed by atoms with E-state index in [4.69, 9.17) is 5.73 Å². The molecule has 0 aliphatic rings. The molecule has 0 aliphatic carbocycles. The van der Waals surface area contributed by atoms with Gasteiger partial charge in [-0.25, -0.2) is 4.98 Å². The maximum atomic E-state index is 11.7. The fourth-order valence-electron chi connectivity index (χ4n) is 1.99.